The van der Waals surface area contributed by atoms with Crippen molar-refractivity contribution < 1.29 is 39.7 Å². The standard InChI is InChI=1S/C7H5F3O2S.C4H6F3NO/c8-7(9,10)13(11,12)6-4-2-1-3-5-6;1-4(2,5)3(9)8(6)7/h1-5H;1-2H3. The van der Waals surface area contributed by atoms with Gasteiger partial charge >= 0.3 is 11.4 Å². The lowest BCUT2D eigenvalue weighted by Crippen LogP contribution is -2.33. The maximum atomic E-state index is 12.2. The molecule has 0 saturated carbocycles. The molecular weight excluding hydrogens is 340 g/mol. The summed E-state index contributed by atoms with van der Waals surface area (Å²) in [7, 11) is -5.18. The first kappa shape index (κ1) is 20.2. The summed E-state index contributed by atoms with van der Waals surface area (Å²) in [6.07, 6.45) is 0. The molecule has 1 rings (SSSR count). The topological polar surface area (TPSA) is 54.5 Å². The summed E-state index contributed by atoms with van der Waals surface area (Å²) in [5, 5.41) is -1.76. The van der Waals surface area contributed by atoms with E-state index in [9.17, 15) is 39.7 Å². The van der Waals surface area contributed by atoms with Crippen LogP contribution in [0.4, 0.5) is 26.5 Å². The van der Waals surface area contributed by atoms with E-state index in [1.807, 2.05) is 0 Å². The quantitative estimate of drug-likeness (QED) is 0.607. The third-order valence-corrected chi connectivity index (χ3v) is 3.52. The van der Waals surface area contributed by atoms with Crippen molar-refractivity contribution in [2.45, 2.75) is 29.9 Å². The summed E-state index contributed by atoms with van der Waals surface area (Å²) in [4.78, 5) is 9.23. The van der Waals surface area contributed by atoms with Crippen LogP contribution in [0.15, 0.2) is 35.2 Å². The second-order valence-corrected chi connectivity index (χ2v) is 6.21. The predicted octanol–water partition coefficient (Wildman–Crippen LogP) is 3.31. The van der Waals surface area contributed by atoms with Crippen molar-refractivity contribution in [1.82, 2.24) is 5.34 Å². The molecule has 0 aliphatic heterocycles. The van der Waals surface area contributed by atoms with E-state index in [0.717, 1.165) is 26.0 Å². The summed E-state index contributed by atoms with van der Waals surface area (Å²) in [5.41, 5.74) is -7.71. The summed E-state index contributed by atoms with van der Waals surface area (Å²) < 4.78 is 91.7. The number of carbonyl (C=O) groups excluding carboxylic acids is 1. The molecule has 0 spiro atoms. The summed E-state index contributed by atoms with van der Waals surface area (Å²) in [6, 6.07) is 5.72. The van der Waals surface area contributed by atoms with Crippen LogP contribution in [0.5, 0.6) is 0 Å². The molecule has 22 heavy (non-hydrogen) atoms. The number of amides is 1. The minimum Gasteiger partial charge on any atom is -0.266 e. The molecule has 0 aromatic heterocycles. The molecule has 1 amide bonds. The van der Waals surface area contributed by atoms with E-state index in [1.165, 1.54) is 18.2 Å². The number of sulfone groups is 1. The van der Waals surface area contributed by atoms with Gasteiger partial charge in [-0.3, -0.25) is 4.79 Å². The molecular formula is C11H11F6NO3S. The van der Waals surface area contributed by atoms with Crippen molar-refractivity contribution in [3.63, 3.8) is 0 Å². The van der Waals surface area contributed by atoms with Gasteiger partial charge in [-0.15, -0.1) is 0 Å². The van der Waals surface area contributed by atoms with Gasteiger partial charge in [-0.1, -0.05) is 27.2 Å². The fraction of sp³-hybridized carbons (Fsp3) is 0.364. The van der Waals surface area contributed by atoms with Gasteiger partial charge < -0.3 is 0 Å². The van der Waals surface area contributed by atoms with Crippen LogP contribution in [0.3, 0.4) is 0 Å². The fourth-order valence-electron chi connectivity index (χ4n) is 0.934. The molecule has 0 atom stereocenters. The van der Waals surface area contributed by atoms with E-state index in [2.05, 4.69) is 0 Å². The van der Waals surface area contributed by atoms with Crippen LogP contribution < -0.4 is 0 Å². The molecule has 0 aliphatic carbocycles. The van der Waals surface area contributed by atoms with E-state index in [1.54, 1.807) is 0 Å². The second kappa shape index (κ2) is 6.99. The van der Waals surface area contributed by atoms with Crippen LogP contribution >= 0.6 is 0 Å². The van der Waals surface area contributed by atoms with Gasteiger partial charge in [-0.2, -0.15) is 13.2 Å². The fourth-order valence-corrected chi connectivity index (χ4v) is 1.72. The number of carbonyl (C=O) groups is 1. The number of benzene rings is 1. The van der Waals surface area contributed by atoms with Crippen molar-refractivity contribution in [1.29, 1.82) is 0 Å². The van der Waals surface area contributed by atoms with E-state index in [4.69, 9.17) is 0 Å². The number of hydrogen-bond donors (Lipinski definition) is 0. The monoisotopic (exact) mass is 351 g/mol. The Kier molecular flexibility index (Phi) is 6.42. The van der Waals surface area contributed by atoms with Gasteiger partial charge in [0, 0.05) is 5.34 Å². The second-order valence-electron chi connectivity index (χ2n) is 4.27. The molecule has 0 N–H and O–H groups in total. The van der Waals surface area contributed by atoms with Gasteiger partial charge in [0.15, 0.2) is 5.67 Å². The Morgan fingerprint density at radius 1 is 1.00 bits per heavy atom. The summed E-state index contributed by atoms with van der Waals surface area (Å²) in [5.74, 6) is -1.83. The molecule has 0 saturated heterocycles. The van der Waals surface area contributed by atoms with E-state index in [-0.39, 0.29) is 0 Å². The Labute approximate surface area is 122 Å². The number of rotatable bonds is 2. The van der Waals surface area contributed by atoms with Crippen molar-refractivity contribution in [3.05, 3.63) is 30.3 Å². The van der Waals surface area contributed by atoms with Crippen LogP contribution in [0.2, 0.25) is 0 Å². The van der Waals surface area contributed by atoms with Crippen molar-refractivity contribution in [2.24, 2.45) is 0 Å². The maximum Gasteiger partial charge on any atom is 0.501 e. The lowest BCUT2D eigenvalue weighted by Gasteiger charge is -2.10. The van der Waals surface area contributed by atoms with Gasteiger partial charge in [0.1, 0.15) is 0 Å². The molecule has 0 aliphatic rings. The van der Waals surface area contributed by atoms with Gasteiger partial charge in [-0.05, 0) is 26.0 Å². The Balaban J connectivity index is 0.000000433. The molecule has 4 nitrogen and oxygen atoms in total. The van der Waals surface area contributed by atoms with Crippen LogP contribution in [-0.2, 0) is 14.6 Å². The van der Waals surface area contributed by atoms with E-state index in [0.29, 0.717) is 0 Å². The van der Waals surface area contributed by atoms with Crippen LogP contribution in [0, 0.1) is 0 Å². The summed E-state index contributed by atoms with van der Waals surface area (Å²) >= 11 is 0. The van der Waals surface area contributed by atoms with Crippen LogP contribution in [-0.4, -0.2) is 30.8 Å². The van der Waals surface area contributed by atoms with Crippen molar-refractivity contribution >= 4 is 15.7 Å². The average Bonchev–Trinajstić information content (AvgIpc) is 2.37. The molecule has 0 radical (unpaired) electrons. The summed E-state index contributed by atoms with van der Waals surface area (Å²) in [6.45, 7) is 1.53. The number of nitrogens with zero attached hydrogens (tertiary/aromatic N) is 1. The molecule has 1 aromatic carbocycles. The first-order valence-electron chi connectivity index (χ1n) is 5.42. The highest BCUT2D eigenvalue weighted by atomic mass is 32.2. The first-order chi connectivity index (χ1) is 9.71. The highest BCUT2D eigenvalue weighted by molar-refractivity contribution is 7.92. The molecule has 0 bridgehead atoms. The van der Waals surface area contributed by atoms with E-state index < -0.39 is 37.2 Å². The maximum absolute atomic E-state index is 12.2. The third kappa shape index (κ3) is 5.54. The van der Waals surface area contributed by atoms with Crippen molar-refractivity contribution in [2.75, 3.05) is 0 Å². The highest BCUT2D eigenvalue weighted by Gasteiger charge is 2.46. The van der Waals surface area contributed by atoms with Gasteiger partial charge in [0.2, 0.25) is 0 Å². The molecule has 1 aromatic rings. The Hall–Kier alpha value is -1.78. The molecule has 11 heteroatoms. The lowest BCUT2D eigenvalue weighted by atomic mass is 10.2. The Bertz CT molecular complexity index is 592. The number of hydrogen-bond acceptors (Lipinski definition) is 3. The molecule has 0 unspecified atom stereocenters. The molecule has 0 fully saturated rings. The van der Waals surface area contributed by atoms with Crippen LogP contribution in [0.1, 0.15) is 13.8 Å². The smallest absolute Gasteiger partial charge is 0.266 e. The predicted molar refractivity (Wildman–Crippen MR) is 63.9 cm³/mol. The minimum absolute atomic E-state index is 0.734. The highest BCUT2D eigenvalue weighted by Crippen LogP contribution is 2.29. The zero-order chi connectivity index (χ0) is 17.8. The van der Waals surface area contributed by atoms with Gasteiger partial charge in [0.05, 0.1) is 4.90 Å². The third-order valence-electron chi connectivity index (χ3n) is 2.02. The Morgan fingerprint density at radius 2 is 1.41 bits per heavy atom. The zero-order valence-electron chi connectivity index (χ0n) is 11.2. The molecule has 126 valence electrons. The number of halogens is 6. The average molecular weight is 351 g/mol. The largest absolute Gasteiger partial charge is 0.501 e. The lowest BCUT2D eigenvalue weighted by molar-refractivity contribution is -0.198. The zero-order valence-corrected chi connectivity index (χ0v) is 12.1. The minimum atomic E-state index is -5.23. The number of alkyl halides is 4. The van der Waals surface area contributed by atoms with Gasteiger partial charge in [-0.25, -0.2) is 12.8 Å². The van der Waals surface area contributed by atoms with Gasteiger partial charge in [0.25, 0.3) is 9.84 Å². The van der Waals surface area contributed by atoms with Crippen LogP contribution in [0.25, 0.3) is 0 Å². The van der Waals surface area contributed by atoms with Crippen molar-refractivity contribution in [3.8, 4) is 0 Å². The Morgan fingerprint density at radius 3 is 1.64 bits per heavy atom. The normalized spacial score (nSPS) is 12.2. The van der Waals surface area contributed by atoms with E-state index >= 15 is 0 Å². The SMILES string of the molecule is CC(C)(F)C(=O)N(F)F.O=S(=O)(c1ccccc1)C(F)(F)F. The molecule has 0 heterocycles. The first-order valence-corrected chi connectivity index (χ1v) is 6.91.